The van der Waals surface area contributed by atoms with Crippen LogP contribution in [0.5, 0.6) is 0 Å². The molecule has 7 nitrogen and oxygen atoms in total. The van der Waals surface area contributed by atoms with E-state index in [1.54, 1.807) is 60.5 Å². The van der Waals surface area contributed by atoms with E-state index in [9.17, 15) is 14.4 Å². The minimum absolute atomic E-state index is 0.00107. The molecular formula is C22H22ClN3O4S. The number of aliphatic imine (C=N–C) groups is 1. The van der Waals surface area contributed by atoms with Crippen LogP contribution in [0.2, 0.25) is 5.02 Å². The average Bonchev–Trinajstić information content (AvgIpc) is 3.02. The number of hydrogen-bond donors (Lipinski definition) is 1. The lowest BCUT2D eigenvalue weighted by atomic mass is 10.1. The summed E-state index contributed by atoms with van der Waals surface area (Å²) < 4.78 is 5.11. The number of benzene rings is 2. The number of amidine groups is 1. The van der Waals surface area contributed by atoms with Crippen LogP contribution in [-0.2, 0) is 14.3 Å². The molecule has 0 radical (unpaired) electrons. The van der Waals surface area contributed by atoms with Crippen molar-refractivity contribution in [3.63, 3.8) is 0 Å². The summed E-state index contributed by atoms with van der Waals surface area (Å²) in [6.07, 6.45) is 0.00107. The Morgan fingerprint density at radius 3 is 2.45 bits per heavy atom. The van der Waals surface area contributed by atoms with Crippen LogP contribution >= 0.6 is 23.4 Å². The number of thioether (sulfide) groups is 1. The van der Waals surface area contributed by atoms with Gasteiger partial charge in [-0.2, -0.15) is 0 Å². The number of carbonyl (C=O) groups is 3. The summed E-state index contributed by atoms with van der Waals surface area (Å²) in [5.41, 5.74) is 1.80. The van der Waals surface area contributed by atoms with Crippen molar-refractivity contribution >= 4 is 57.5 Å². The smallest absolute Gasteiger partial charge is 0.242 e. The number of amides is 2. The van der Waals surface area contributed by atoms with Crippen LogP contribution in [0.1, 0.15) is 23.7 Å². The third-order valence-electron chi connectivity index (χ3n) is 4.54. The molecule has 0 bridgehead atoms. The topological polar surface area (TPSA) is 88.1 Å². The number of Topliss-reactive ketones (excluding diaryl/α,β-unsaturated/α-hetero) is 1. The Bertz CT molecular complexity index is 993. The van der Waals surface area contributed by atoms with Gasteiger partial charge < -0.3 is 10.1 Å². The number of anilines is 1. The fourth-order valence-corrected chi connectivity index (χ4v) is 4.22. The van der Waals surface area contributed by atoms with Crippen LogP contribution in [0, 0.1) is 0 Å². The van der Waals surface area contributed by atoms with Crippen molar-refractivity contribution in [3.8, 4) is 0 Å². The molecule has 1 unspecified atom stereocenters. The summed E-state index contributed by atoms with van der Waals surface area (Å²) in [5, 5.41) is 3.31. The van der Waals surface area contributed by atoms with Crippen molar-refractivity contribution in [3.05, 3.63) is 59.1 Å². The number of carbonyl (C=O) groups excluding carboxylic acids is 3. The molecule has 2 amide bonds. The van der Waals surface area contributed by atoms with Gasteiger partial charge >= 0.3 is 0 Å². The molecule has 0 aromatic heterocycles. The highest BCUT2D eigenvalue weighted by Crippen LogP contribution is 2.32. The van der Waals surface area contributed by atoms with Crippen molar-refractivity contribution < 1.29 is 19.1 Å². The van der Waals surface area contributed by atoms with Gasteiger partial charge in [-0.1, -0.05) is 23.4 Å². The maximum atomic E-state index is 12.9. The van der Waals surface area contributed by atoms with Gasteiger partial charge in [-0.05, 0) is 55.5 Å². The molecule has 2 aromatic carbocycles. The normalized spacial score (nSPS) is 17.3. The highest BCUT2D eigenvalue weighted by molar-refractivity contribution is 8.15. The average molecular weight is 460 g/mol. The minimum atomic E-state index is -0.584. The molecule has 9 heteroatoms. The van der Waals surface area contributed by atoms with E-state index in [0.29, 0.717) is 40.3 Å². The quantitative estimate of drug-likeness (QED) is 0.599. The molecule has 3 rings (SSSR count). The maximum Gasteiger partial charge on any atom is 0.242 e. The maximum absolute atomic E-state index is 12.9. The number of nitrogens with one attached hydrogen (secondary N) is 1. The summed E-state index contributed by atoms with van der Waals surface area (Å²) in [6.45, 7) is 2.18. The van der Waals surface area contributed by atoms with Crippen LogP contribution in [0.4, 0.5) is 11.4 Å². The second-order valence-electron chi connectivity index (χ2n) is 6.85. The van der Waals surface area contributed by atoms with Crippen molar-refractivity contribution in [2.24, 2.45) is 4.99 Å². The van der Waals surface area contributed by atoms with E-state index in [4.69, 9.17) is 16.3 Å². The largest absolute Gasteiger partial charge is 0.383 e. The van der Waals surface area contributed by atoms with Gasteiger partial charge in [-0.3, -0.25) is 19.3 Å². The van der Waals surface area contributed by atoms with E-state index in [1.807, 2.05) is 0 Å². The molecule has 31 heavy (non-hydrogen) atoms. The van der Waals surface area contributed by atoms with Crippen LogP contribution in [0.3, 0.4) is 0 Å². The molecule has 1 fully saturated rings. The second-order valence-corrected chi connectivity index (χ2v) is 8.45. The van der Waals surface area contributed by atoms with E-state index in [0.717, 1.165) is 0 Å². The van der Waals surface area contributed by atoms with Crippen molar-refractivity contribution in [1.29, 1.82) is 0 Å². The number of methoxy groups -OCH3 is 1. The molecule has 1 aliphatic rings. The number of rotatable bonds is 8. The number of halogens is 1. The fraction of sp³-hybridized carbons (Fsp3) is 0.273. The molecule has 0 saturated carbocycles. The summed E-state index contributed by atoms with van der Waals surface area (Å²) in [4.78, 5) is 42.9. The number of ketones is 1. The van der Waals surface area contributed by atoms with Gasteiger partial charge in [0.15, 0.2) is 11.0 Å². The zero-order valence-electron chi connectivity index (χ0n) is 17.1. The predicted octanol–water partition coefficient (Wildman–Crippen LogP) is 4.15. The van der Waals surface area contributed by atoms with Crippen molar-refractivity contribution in [2.45, 2.75) is 18.6 Å². The Kier molecular flexibility index (Phi) is 7.84. The van der Waals surface area contributed by atoms with Gasteiger partial charge in [0.1, 0.15) is 5.25 Å². The van der Waals surface area contributed by atoms with Crippen LogP contribution in [0.15, 0.2) is 53.5 Å². The van der Waals surface area contributed by atoms with Gasteiger partial charge in [0.25, 0.3) is 0 Å². The number of nitrogens with zero attached hydrogens (tertiary/aromatic N) is 2. The van der Waals surface area contributed by atoms with Gasteiger partial charge in [0.2, 0.25) is 11.8 Å². The predicted molar refractivity (Wildman–Crippen MR) is 123 cm³/mol. The molecule has 162 valence electrons. The Balaban J connectivity index is 1.70. The molecular weight excluding hydrogens is 438 g/mol. The third-order valence-corrected chi connectivity index (χ3v) is 5.96. The zero-order chi connectivity index (χ0) is 22.4. The zero-order valence-corrected chi connectivity index (χ0v) is 18.7. The van der Waals surface area contributed by atoms with Gasteiger partial charge in [-0.15, -0.1) is 0 Å². The number of ether oxygens (including phenoxy) is 1. The lowest BCUT2D eigenvalue weighted by Crippen LogP contribution is -2.35. The SMILES string of the molecule is COCCN1C(=O)C(CC(=O)Nc2ccc(C(C)=O)cc2)SC1=Nc1ccc(Cl)cc1. The van der Waals surface area contributed by atoms with E-state index >= 15 is 0 Å². The Labute approximate surface area is 189 Å². The van der Waals surface area contributed by atoms with Gasteiger partial charge in [0, 0.05) is 29.8 Å². The van der Waals surface area contributed by atoms with Crippen LogP contribution in [0.25, 0.3) is 0 Å². The first kappa shape index (κ1) is 23.0. The second kappa shape index (κ2) is 10.6. The van der Waals surface area contributed by atoms with Gasteiger partial charge in [0.05, 0.1) is 18.8 Å². The minimum Gasteiger partial charge on any atom is -0.383 e. The van der Waals surface area contributed by atoms with Crippen LogP contribution < -0.4 is 5.32 Å². The van der Waals surface area contributed by atoms with E-state index < -0.39 is 5.25 Å². The Morgan fingerprint density at radius 2 is 1.84 bits per heavy atom. The lowest BCUT2D eigenvalue weighted by molar-refractivity contribution is -0.128. The molecule has 1 heterocycles. The van der Waals surface area contributed by atoms with Gasteiger partial charge in [-0.25, -0.2) is 4.99 Å². The molecule has 1 atom stereocenters. The van der Waals surface area contributed by atoms with Crippen molar-refractivity contribution in [2.75, 3.05) is 25.6 Å². The first-order chi connectivity index (χ1) is 14.9. The standard InChI is InChI=1S/C22H22ClN3O4S/c1-14(27)15-3-7-17(8-4-15)24-20(28)13-19-21(29)26(11-12-30-2)22(31-19)25-18-9-5-16(23)6-10-18/h3-10,19H,11-13H2,1-2H3,(H,24,28). The summed E-state index contributed by atoms with van der Waals surface area (Å²) in [6, 6.07) is 13.6. The molecule has 0 aliphatic carbocycles. The fourth-order valence-electron chi connectivity index (χ4n) is 2.91. The molecule has 1 aliphatic heterocycles. The molecule has 0 spiro atoms. The molecule has 1 saturated heterocycles. The summed E-state index contributed by atoms with van der Waals surface area (Å²) in [5.74, 6) is -0.521. The Hall–Kier alpha value is -2.68. The first-order valence-corrected chi connectivity index (χ1v) is 10.8. The molecule has 2 aromatic rings. The Morgan fingerprint density at radius 1 is 1.16 bits per heavy atom. The molecule has 1 N–H and O–H groups in total. The first-order valence-electron chi connectivity index (χ1n) is 9.59. The number of hydrogen-bond acceptors (Lipinski definition) is 6. The summed E-state index contributed by atoms with van der Waals surface area (Å²) in [7, 11) is 1.56. The summed E-state index contributed by atoms with van der Waals surface area (Å²) >= 11 is 7.18. The van der Waals surface area contributed by atoms with Crippen molar-refractivity contribution in [1.82, 2.24) is 4.90 Å². The third kappa shape index (κ3) is 6.16. The van der Waals surface area contributed by atoms with Crippen LogP contribution in [-0.4, -0.2) is 53.2 Å². The van der Waals surface area contributed by atoms with E-state index in [1.165, 1.54) is 18.7 Å². The van der Waals surface area contributed by atoms with E-state index in [2.05, 4.69) is 10.3 Å². The monoisotopic (exact) mass is 459 g/mol. The lowest BCUT2D eigenvalue weighted by Gasteiger charge is -2.15. The highest BCUT2D eigenvalue weighted by Gasteiger charge is 2.39. The van der Waals surface area contributed by atoms with E-state index in [-0.39, 0.29) is 24.0 Å². The highest BCUT2D eigenvalue weighted by atomic mass is 35.5.